The van der Waals surface area contributed by atoms with E-state index in [0.717, 1.165) is 30.7 Å². The SMILES string of the molecule is C#C.CC.CC(C)C.CNCC(=O)N1CCC[C@H]1C(=O)O.O=COC1CCCC1.O=c1cc[nH]c(-c2ccc(F)cc2)c1. The molecule has 1 aliphatic carbocycles. The largest absolute Gasteiger partial charge is 0.480 e. The highest BCUT2D eigenvalue weighted by Crippen LogP contribution is 2.20. The van der Waals surface area contributed by atoms with Gasteiger partial charge in [-0.1, -0.05) is 34.6 Å². The fourth-order valence-corrected chi connectivity index (χ4v) is 3.92. The molecule has 9 nitrogen and oxygen atoms in total. The van der Waals surface area contributed by atoms with E-state index in [1.165, 1.54) is 42.0 Å². The van der Waals surface area contributed by atoms with Gasteiger partial charge in [-0.15, -0.1) is 12.8 Å². The lowest BCUT2D eigenvalue weighted by atomic mass is 10.1. The number of nitrogens with one attached hydrogen (secondary N) is 2. The second kappa shape index (κ2) is 25.7. The molecule has 1 aromatic heterocycles. The lowest BCUT2D eigenvalue weighted by Crippen LogP contribution is -2.43. The molecule has 1 aromatic carbocycles. The van der Waals surface area contributed by atoms with Crippen molar-refractivity contribution in [3.63, 3.8) is 0 Å². The molecular weight excluding hydrogens is 553 g/mol. The summed E-state index contributed by atoms with van der Waals surface area (Å²) >= 11 is 0. The van der Waals surface area contributed by atoms with Gasteiger partial charge in [-0.3, -0.25) is 14.4 Å². The van der Waals surface area contributed by atoms with Crippen LogP contribution in [0.25, 0.3) is 11.3 Å². The molecule has 0 bridgehead atoms. The zero-order chi connectivity index (χ0) is 33.2. The molecule has 1 saturated carbocycles. The van der Waals surface area contributed by atoms with Crippen molar-refractivity contribution in [3.8, 4) is 24.1 Å². The number of aromatic amines is 1. The van der Waals surface area contributed by atoms with Crippen LogP contribution in [0.5, 0.6) is 0 Å². The number of H-pyrrole nitrogens is 1. The van der Waals surface area contributed by atoms with Gasteiger partial charge in [0.05, 0.1) is 6.54 Å². The summed E-state index contributed by atoms with van der Waals surface area (Å²) < 4.78 is 17.3. The Balaban J connectivity index is 0. The Hall–Kier alpha value is -3.97. The van der Waals surface area contributed by atoms with Gasteiger partial charge in [0.25, 0.3) is 6.47 Å². The van der Waals surface area contributed by atoms with E-state index in [1.807, 2.05) is 13.8 Å². The van der Waals surface area contributed by atoms with Crippen LogP contribution in [-0.2, 0) is 19.1 Å². The lowest BCUT2D eigenvalue weighted by Gasteiger charge is -2.20. The molecule has 4 rings (SSSR count). The maximum Gasteiger partial charge on any atom is 0.326 e. The summed E-state index contributed by atoms with van der Waals surface area (Å²) in [4.78, 5) is 47.2. The van der Waals surface area contributed by atoms with Crippen molar-refractivity contribution < 1.29 is 28.6 Å². The first-order valence-electron chi connectivity index (χ1n) is 14.6. The van der Waals surface area contributed by atoms with Crippen LogP contribution < -0.4 is 10.7 Å². The summed E-state index contributed by atoms with van der Waals surface area (Å²) in [6.07, 6.45) is 15.7. The number of amides is 1. The Morgan fingerprint density at radius 2 is 1.65 bits per heavy atom. The van der Waals surface area contributed by atoms with Crippen molar-refractivity contribution in [2.24, 2.45) is 5.92 Å². The second-order valence-corrected chi connectivity index (χ2v) is 9.93. The summed E-state index contributed by atoms with van der Waals surface area (Å²) in [6.45, 7) is 11.8. The molecule has 2 fully saturated rings. The smallest absolute Gasteiger partial charge is 0.326 e. The van der Waals surface area contributed by atoms with Crippen molar-refractivity contribution >= 4 is 18.3 Å². The van der Waals surface area contributed by atoms with E-state index in [1.54, 1.807) is 25.4 Å². The van der Waals surface area contributed by atoms with E-state index in [9.17, 15) is 23.6 Å². The van der Waals surface area contributed by atoms with Gasteiger partial charge in [-0.25, -0.2) is 9.18 Å². The van der Waals surface area contributed by atoms with Crippen molar-refractivity contribution in [1.82, 2.24) is 15.2 Å². The predicted molar refractivity (Wildman–Crippen MR) is 170 cm³/mol. The summed E-state index contributed by atoms with van der Waals surface area (Å²) in [5, 5.41) is 11.5. The number of hydrogen-bond donors (Lipinski definition) is 3. The van der Waals surface area contributed by atoms with Gasteiger partial charge in [-0.2, -0.15) is 0 Å². The van der Waals surface area contributed by atoms with Crippen LogP contribution >= 0.6 is 0 Å². The number of aromatic nitrogens is 1. The molecule has 10 heteroatoms. The minimum absolute atomic E-state index is 0.0666. The van der Waals surface area contributed by atoms with E-state index in [2.05, 4.69) is 43.9 Å². The number of carbonyl (C=O) groups excluding carboxylic acids is 2. The van der Waals surface area contributed by atoms with E-state index in [-0.39, 0.29) is 29.8 Å². The molecule has 2 aromatic rings. The number of benzene rings is 1. The fraction of sp³-hybridized carbons (Fsp3) is 0.515. The summed E-state index contributed by atoms with van der Waals surface area (Å²) in [7, 11) is 1.67. The van der Waals surface area contributed by atoms with Crippen LogP contribution in [0.2, 0.25) is 0 Å². The molecule has 3 N–H and O–H groups in total. The number of ether oxygens (including phenoxy) is 1. The summed E-state index contributed by atoms with van der Waals surface area (Å²) in [5.74, 6) is -0.485. The summed E-state index contributed by atoms with van der Waals surface area (Å²) in [5.41, 5.74) is 1.42. The van der Waals surface area contributed by atoms with Crippen LogP contribution in [0.4, 0.5) is 4.39 Å². The van der Waals surface area contributed by atoms with Crippen LogP contribution in [0.15, 0.2) is 47.4 Å². The van der Waals surface area contributed by atoms with E-state index in [0.29, 0.717) is 25.1 Å². The Morgan fingerprint density at radius 3 is 2.12 bits per heavy atom. The monoisotopic (exact) mass is 603 g/mol. The van der Waals surface area contributed by atoms with Gasteiger partial charge in [-0.05, 0) is 81.3 Å². The molecule has 240 valence electrons. The van der Waals surface area contributed by atoms with E-state index in [4.69, 9.17) is 9.84 Å². The third-order valence-corrected chi connectivity index (χ3v) is 5.66. The predicted octanol–water partition coefficient (Wildman–Crippen LogP) is 5.50. The van der Waals surface area contributed by atoms with E-state index >= 15 is 0 Å². The Bertz CT molecular complexity index is 1090. The van der Waals surface area contributed by atoms with Crippen LogP contribution in [-0.4, -0.2) is 65.6 Å². The van der Waals surface area contributed by atoms with Crippen molar-refractivity contribution in [3.05, 3.63) is 58.6 Å². The zero-order valence-corrected chi connectivity index (χ0v) is 26.5. The Labute approximate surface area is 256 Å². The third kappa shape index (κ3) is 19.0. The normalized spacial score (nSPS) is 14.8. The van der Waals surface area contributed by atoms with Crippen molar-refractivity contribution in [1.29, 1.82) is 0 Å². The zero-order valence-electron chi connectivity index (χ0n) is 26.5. The number of halogens is 1. The van der Waals surface area contributed by atoms with Crippen LogP contribution in [0.3, 0.4) is 0 Å². The maximum atomic E-state index is 12.6. The highest BCUT2D eigenvalue weighted by molar-refractivity contribution is 5.85. The van der Waals surface area contributed by atoms with Gasteiger partial charge < -0.3 is 25.0 Å². The number of pyridine rings is 1. The number of likely N-dealkylation sites (N-methyl/N-ethyl adjacent to an activating group) is 1. The second-order valence-electron chi connectivity index (χ2n) is 9.93. The molecule has 2 aliphatic rings. The number of terminal acetylenes is 1. The molecular formula is C33H50FN3O6. The number of aliphatic carboxylic acids is 1. The van der Waals surface area contributed by atoms with Crippen LogP contribution in [0.1, 0.15) is 73.1 Å². The molecule has 1 saturated heterocycles. The van der Waals surface area contributed by atoms with Gasteiger partial charge in [0.2, 0.25) is 5.91 Å². The van der Waals surface area contributed by atoms with Crippen molar-refractivity contribution in [2.75, 3.05) is 20.1 Å². The van der Waals surface area contributed by atoms with Crippen molar-refractivity contribution in [2.45, 2.75) is 85.3 Å². The first-order chi connectivity index (χ1) is 20.6. The minimum atomic E-state index is -0.901. The number of likely N-dealkylation sites (tertiary alicyclic amines) is 1. The Morgan fingerprint density at radius 1 is 1.09 bits per heavy atom. The van der Waals surface area contributed by atoms with E-state index < -0.39 is 12.0 Å². The molecule has 0 spiro atoms. The molecule has 0 radical (unpaired) electrons. The quantitative estimate of drug-likeness (QED) is 0.294. The Kier molecular flexibility index (Phi) is 24.6. The first-order valence-corrected chi connectivity index (χ1v) is 14.6. The molecule has 1 atom stereocenters. The molecule has 0 unspecified atom stereocenters. The first kappa shape index (κ1) is 41.2. The number of carbonyl (C=O) groups is 3. The number of carboxylic acids is 1. The molecule has 43 heavy (non-hydrogen) atoms. The lowest BCUT2D eigenvalue weighted by molar-refractivity contribution is -0.147. The number of nitrogens with zero attached hydrogens (tertiary/aromatic N) is 1. The topological polar surface area (TPSA) is 129 Å². The number of rotatable bonds is 6. The summed E-state index contributed by atoms with van der Waals surface area (Å²) in [6, 6.07) is 8.28. The minimum Gasteiger partial charge on any atom is -0.480 e. The van der Waals surface area contributed by atoms with Gasteiger partial charge in [0.1, 0.15) is 18.0 Å². The van der Waals surface area contributed by atoms with Crippen LogP contribution in [0, 0.1) is 24.6 Å². The fourth-order valence-electron chi connectivity index (χ4n) is 3.92. The standard InChI is InChI=1S/C11H8FNO.C8H14N2O3.C6H10O2.C4H10.C2H6.C2H2/c12-9-3-1-8(2-4-9)11-7-10(14)5-6-13-11;1-9-5-7(11)10-4-2-3-6(10)8(12)13;7-5-8-6-3-1-2-4-6;1-4(2)3;2*1-2/h1-7H,(H,13,14);6,9H,2-5H2,1H3,(H,12,13);5-6H,1-4H2;4H,1-3H3;1-2H3;1-2H/t;6-;;;;/m.0..../s1. The average Bonchev–Trinajstić information content (AvgIpc) is 3.70. The average molecular weight is 604 g/mol. The third-order valence-electron chi connectivity index (χ3n) is 5.66. The van der Waals surface area contributed by atoms with Gasteiger partial charge >= 0.3 is 5.97 Å². The molecule has 2 heterocycles. The molecule has 1 amide bonds. The number of carboxylic acid groups (broad SMARTS) is 1. The highest BCUT2D eigenvalue weighted by atomic mass is 19.1. The number of hydrogen-bond acceptors (Lipinski definition) is 6. The van der Waals surface area contributed by atoms with Gasteiger partial charge in [0.15, 0.2) is 5.43 Å². The van der Waals surface area contributed by atoms with Gasteiger partial charge in [0, 0.05) is 30.6 Å². The maximum absolute atomic E-state index is 12.6. The molecule has 1 aliphatic heterocycles. The highest BCUT2D eigenvalue weighted by Gasteiger charge is 2.33.